The van der Waals surface area contributed by atoms with E-state index in [2.05, 4.69) is 26.5 Å². The topological polar surface area (TPSA) is 112 Å². The SMILES string of the molecule is CCOC(=O)Cn1nnc(COc2ccc(/C(=C\C3CCCC3)c3ccc(C4CC4)c(=O)[nH]3)cc2Cl)n1. The summed E-state index contributed by atoms with van der Waals surface area (Å²) >= 11 is 6.61. The molecular weight excluding hydrogens is 494 g/mol. The van der Waals surface area contributed by atoms with Gasteiger partial charge in [0, 0.05) is 16.8 Å². The Balaban J connectivity index is 1.33. The van der Waals surface area contributed by atoms with E-state index < -0.39 is 5.97 Å². The van der Waals surface area contributed by atoms with Crippen LogP contribution in [0.1, 0.15) is 74.0 Å². The van der Waals surface area contributed by atoms with E-state index in [0.29, 0.717) is 28.4 Å². The third-order valence-corrected chi connectivity index (χ3v) is 7.01. The first-order chi connectivity index (χ1) is 18.0. The maximum atomic E-state index is 12.8. The first-order valence-corrected chi connectivity index (χ1v) is 13.2. The van der Waals surface area contributed by atoms with Crippen molar-refractivity contribution in [3.8, 4) is 5.75 Å². The summed E-state index contributed by atoms with van der Waals surface area (Å²) in [5.41, 5.74) is 3.56. The van der Waals surface area contributed by atoms with Crippen LogP contribution in [0.5, 0.6) is 5.75 Å². The van der Waals surface area contributed by atoms with Crippen LogP contribution in [-0.2, 0) is 22.7 Å². The monoisotopic (exact) mass is 523 g/mol. The zero-order valence-corrected chi connectivity index (χ0v) is 21.5. The molecule has 2 aliphatic rings. The molecule has 194 valence electrons. The molecule has 0 saturated heterocycles. The number of tetrazole rings is 1. The summed E-state index contributed by atoms with van der Waals surface area (Å²) in [6, 6.07) is 9.59. The van der Waals surface area contributed by atoms with Crippen molar-refractivity contribution in [2.75, 3.05) is 6.61 Å². The van der Waals surface area contributed by atoms with Gasteiger partial charge in [0.15, 0.2) is 13.2 Å². The molecular formula is C27H30ClN5O4. The Hall–Kier alpha value is -3.46. The summed E-state index contributed by atoms with van der Waals surface area (Å²) in [6.07, 6.45) is 9.17. The van der Waals surface area contributed by atoms with Gasteiger partial charge < -0.3 is 14.5 Å². The largest absolute Gasteiger partial charge is 0.484 e. The third kappa shape index (κ3) is 6.28. The molecule has 10 heteroatoms. The minimum absolute atomic E-state index is 0.00752. The van der Waals surface area contributed by atoms with Gasteiger partial charge in [0.05, 0.1) is 11.6 Å². The summed E-state index contributed by atoms with van der Waals surface area (Å²) in [4.78, 5) is 28.6. The second kappa shape index (κ2) is 11.3. The molecule has 5 rings (SSSR count). The molecule has 1 aromatic carbocycles. The van der Waals surface area contributed by atoms with E-state index in [1.807, 2.05) is 24.3 Å². The third-order valence-electron chi connectivity index (χ3n) is 6.72. The lowest BCUT2D eigenvalue weighted by Gasteiger charge is -2.14. The molecule has 1 N–H and O–H groups in total. The molecule has 2 heterocycles. The molecule has 0 bridgehead atoms. The number of rotatable bonds is 10. The number of halogens is 1. The maximum Gasteiger partial charge on any atom is 0.329 e. The summed E-state index contributed by atoms with van der Waals surface area (Å²) in [5, 5.41) is 12.3. The van der Waals surface area contributed by atoms with Gasteiger partial charge in [0.2, 0.25) is 5.82 Å². The fourth-order valence-electron chi connectivity index (χ4n) is 4.71. The molecule has 0 amide bonds. The quantitative estimate of drug-likeness (QED) is 0.385. The molecule has 2 aromatic heterocycles. The summed E-state index contributed by atoms with van der Waals surface area (Å²) in [7, 11) is 0. The lowest BCUT2D eigenvalue weighted by molar-refractivity contribution is -0.144. The fraction of sp³-hybridized carbons (Fsp3) is 0.444. The number of aromatic amines is 1. The van der Waals surface area contributed by atoms with E-state index in [1.165, 1.54) is 12.8 Å². The first-order valence-electron chi connectivity index (χ1n) is 12.8. The molecule has 0 radical (unpaired) electrons. The highest BCUT2D eigenvalue weighted by atomic mass is 35.5. The first kappa shape index (κ1) is 25.2. The van der Waals surface area contributed by atoms with E-state index in [1.54, 1.807) is 13.0 Å². The van der Waals surface area contributed by atoms with Crippen molar-refractivity contribution in [1.29, 1.82) is 0 Å². The van der Waals surface area contributed by atoms with E-state index in [0.717, 1.165) is 52.9 Å². The Bertz CT molecular complexity index is 1350. The minimum Gasteiger partial charge on any atom is -0.484 e. The number of nitrogens with zero attached hydrogens (tertiary/aromatic N) is 4. The number of hydrogen-bond acceptors (Lipinski definition) is 7. The van der Waals surface area contributed by atoms with Gasteiger partial charge >= 0.3 is 5.97 Å². The standard InChI is InChI=1S/C27H30ClN5O4/c1-2-36-26(34)15-33-31-25(30-32-33)16-37-24-12-9-19(14-22(24)28)21(13-17-5-3-4-6-17)23-11-10-20(18-7-8-18)27(35)29-23/h9-14,17-18H,2-8,15-16H2,1H3,(H,29,35)/b21-13+. The number of benzene rings is 1. The molecule has 0 unspecified atom stereocenters. The molecule has 0 aliphatic heterocycles. The van der Waals surface area contributed by atoms with Gasteiger partial charge in [-0.25, -0.2) is 4.79 Å². The van der Waals surface area contributed by atoms with E-state index in [4.69, 9.17) is 21.1 Å². The van der Waals surface area contributed by atoms with Gasteiger partial charge in [0.1, 0.15) is 5.75 Å². The van der Waals surface area contributed by atoms with Gasteiger partial charge in [-0.2, -0.15) is 4.80 Å². The molecule has 2 aliphatic carbocycles. The summed E-state index contributed by atoms with van der Waals surface area (Å²) in [6.45, 7) is 1.95. The van der Waals surface area contributed by atoms with Gasteiger partial charge in [0.25, 0.3) is 5.56 Å². The molecule has 0 atom stereocenters. The van der Waals surface area contributed by atoms with Crippen molar-refractivity contribution < 1.29 is 14.3 Å². The van der Waals surface area contributed by atoms with Crippen LogP contribution >= 0.6 is 11.6 Å². The van der Waals surface area contributed by atoms with Crippen molar-refractivity contribution >= 4 is 23.1 Å². The van der Waals surface area contributed by atoms with Crippen LogP contribution in [0.25, 0.3) is 5.57 Å². The Kier molecular flexibility index (Phi) is 7.69. The number of pyridine rings is 1. The van der Waals surface area contributed by atoms with Crippen LogP contribution < -0.4 is 10.3 Å². The van der Waals surface area contributed by atoms with Gasteiger partial charge in [-0.15, -0.1) is 10.2 Å². The van der Waals surface area contributed by atoms with Crippen LogP contribution in [-0.4, -0.2) is 37.8 Å². The van der Waals surface area contributed by atoms with Crippen LogP contribution in [0.15, 0.2) is 41.2 Å². The van der Waals surface area contributed by atoms with Crippen LogP contribution in [0.4, 0.5) is 0 Å². The fourth-order valence-corrected chi connectivity index (χ4v) is 4.95. The average molecular weight is 524 g/mol. The number of allylic oxidation sites excluding steroid dienone is 1. The number of carbonyl (C=O) groups is 1. The number of hydrogen-bond donors (Lipinski definition) is 1. The number of aromatic nitrogens is 5. The molecule has 2 saturated carbocycles. The average Bonchev–Trinajstić information content (AvgIpc) is 3.39. The van der Waals surface area contributed by atoms with Gasteiger partial charge in [-0.05, 0) is 73.4 Å². The molecule has 2 fully saturated rings. The maximum absolute atomic E-state index is 12.8. The van der Waals surface area contributed by atoms with Crippen molar-refractivity contribution in [3.05, 3.63) is 74.4 Å². The molecule has 0 spiro atoms. The lowest BCUT2D eigenvalue weighted by Crippen LogP contribution is -2.15. The van der Waals surface area contributed by atoms with Gasteiger partial charge in [-0.1, -0.05) is 42.7 Å². The Morgan fingerprint density at radius 3 is 2.70 bits per heavy atom. The van der Waals surface area contributed by atoms with Crippen LogP contribution in [0.3, 0.4) is 0 Å². The van der Waals surface area contributed by atoms with Crippen LogP contribution in [0.2, 0.25) is 5.02 Å². The van der Waals surface area contributed by atoms with Crippen molar-refractivity contribution in [3.63, 3.8) is 0 Å². The van der Waals surface area contributed by atoms with E-state index in [9.17, 15) is 9.59 Å². The Morgan fingerprint density at radius 2 is 2.00 bits per heavy atom. The predicted octanol–water partition coefficient (Wildman–Crippen LogP) is 4.66. The van der Waals surface area contributed by atoms with Crippen molar-refractivity contribution in [2.24, 2.45) is 5.92 Å². The Morgan fingerprint density at radius 1 is 1.19 bits per heavy atom. The highest BCUT2D eigenvalue weighted by Crippen LogP contribution is 2.39. The minimum atomic E-state index is -0.434. The number of nitrogens with one attached hydrogen (secondary N) is 1. The predicted molar refractivity (Wildman–Crippen MR) is 138 cm³/mol. The highest BCUT2D eigenvalue weighted by Gasteiger charge is 2.26. The zero-order chi connectivity index (χ0) is 25.8. The highest BCUT2D eigenvalue weighted by molar-refractivity contribution is 6.32. The second-order valence-electron chi connectivity index (χ2n) is 9.53. The lowest BCUT2D eigenvalue weighted by atomic mass is 9.95. The molecule has 9 nitrogen and oxygen atoms in total. The smallest absolute Gasteiger partial charge is 0.329 e. The number of esters is 1. The van der Waals surface area contributed by atoms with E-state index in [-0.39, 0.29) is 25.3 Å². The summed E-state index contributed by atoms with van der Waals surface area (Å²) < 4.78 is 10.7. The summed E-state index contributed by atoms with van der Waals surface area (Å²) in [5.74, 6) is 1.23. The number of carbonyl (C=O) groups excluding carboxylic acids is 1. The molecule has 37 heavy (non-hydrogen) atoms. The number of ether oxygens (including phenoxy) is 2. The number of H-pyrrole nitrogens is 1. The normalized spacial score (nSPS) is 16.2. The van der Waals surface area contributed by atoms with Crippen LogP contribution in [0, 0.1) is 5.92 Å². The van der Waals surface area contributed by atoms with Crippen molar-refractivity contribution in [1.82, 2.24) is 25.2 Å². The Labute approximate surface area is 219 Å². The zero-order valence-electron chi connectivity index (χ0n) is 20.8. The van der Waals surface area contributed by atoms with Crippen molar-refractivity contribution in [2.45, 2.75) is 64.5 Å². The second-order valence-corrected chi connectivity index (χ2v) is 9.94. The molecule has 3 aromatic rings. The van der Waals surface area contributed by atoms with E-state index >= 15 is 0 Å². The van der Waals surface area contributed by atoms with Gasteiger partial charge in [-0.3, -0.25) is 4.79 Å².